The number of allylic oxidation sites excluding steroid dienone is 3. The summed E-state index contributed by atoms with van der Waals surface area (Å²) in [6.45, 7) is 34.7. The zero-order valence-electron chi connectivity index (χ0n) is 43.3. The molecule has 1 heterocycles. The maximum Gasteiger partial charge on any atom is 0.160 e. The predicted octanol–water partition coefficient (Wildman–Crippen LogP) is 17.0. The Morgan fingerprint density at radius 3 is 1.45 bits per heavy atom. The highest BCUT2D eigenvalue weighted by molar-refractivity contribution is 9.09. The van der Waals surface area contributed by atoms with Crippen LogP contribution in [0.3, 0.4) is 0 Å². The van der Waals surface area contributed by atoms with Crippen molar-refractivity contribution in [2.24, 2.45) is 0 Å². The van der Waals surface area contributed by atoms with Crippen molar-refractivity contribution in [1.29, 1.82) is 0 Å². The van der Waals surface area contributed by atoms with Gasteiger partial charge in [-0.3, -0.25) is 24.0 Å². The Bertz CT molecular complexity index is 2710. The highest BCUT2D eigenvalue weighted by Gasteiger charge is 2.30. The number of ether oxygens (including phenoxy) is 2. The van der Waals surface area contributed by atoms with Crippen LogP contribution in [0.1, 0.15) is 174 Å². The van der Waals surface area contributed by atoms with Gasteiger partial charge >= 0.3 is 0 Å². The van der Waals surface area contributed by atoms with E-state index in [1.807, 2.05) is 58.0 Å². The number of halogens is 1. The van der Waals surface area contributed by atoms with Crippen LogP contribution < -0.4 is 9.47 Å². The molecule has 3 N–H and O–H groups in total. The molecular weight excluding hydrogens is 1010 g/mol. The number of alkyl halides is 1. The first-order valence-corrected chi connectivity index (χ1v) is 23.8. The zero-order chi connectivity index (χ0) is 54.2. The van der Waals surface area contributed by atoms with E-state index in [-0.39, 0.29) is 81.5 Å². The van der Waals surface area contributed by atoms with Gasteiger partial charge in [0.1, 0.15) is 41.0 Å². The molecule has 410 valence electrons. The Kier molecular flexibility index (Phi) is 36.5. The fourth-order valence-corrected chi connectivity index (χ4v) is 6.19. The lowest BCUT2D eigenvalue weighted by atomic mass is 9.98. The second kappa shape index (κ2) is 36.8. The number of carbonyl (C=O) groups is 5. The summed E-state index contributed by atoms with van der Waals surface area (Å²) in [7, 11) is 0. The Morgan fingerprint density at radius 1 is 0.547 bits per heavy atom. The number of hydrogen-bond acceptors (Lipinski definition) is 10. The van der Waals surface area contributed by atoms with Crippen LogP contribution >= 0.6 is 15.9 Å². The molecular formula is C64H87BrO10. The Hall–Kier alpha value is -7.11. The molecule has 1 aliphatic heterocycles. The van der Waals surface area contributed by atoms with Crippen LogP contribution in [0.2, 0.25) is 0 Å². The minimum absolute atomic E-state index is 0. The average molecular weight is 1100 g/mol. The van der Waals surface area contributed by atoms with E-state index in [0.717, 1.165) is 45.3 Å². The normalized spacial score (nSPS) is 10.5. The first-order chi connectivity index (χ1) is 33.1. The second-order valence-electron chi connectivity index (χ2n) is 18.0. The lowest BCUT2D eigenvalue weighted by Crippen LogP contribution is -2.24. The number of phenolic OH excluding ortho intramolecular Hbond substituents is 3. The van der Waals surface area contributed by atoms with Gasteiger partial charge in [0.15, 0.2) is 28.9 Å². The molecule has 0 unspecified atom stereocenters. The third kappa shape index (κ3) is 29.4. The van der Waals surface area contributed by atoms with Crippen LogP contribution in [0.5, 0.6) is 28.7 Å². The maximum atomic E-state index is 11.3. The molecule has 0 atom stereocenters. The van der Waals surface area contributed by atoms with Crippen LogP contribution in [-0.2, 0) is 19.3 Å². The fraction of sp³-hybridized carbons (Fsp3) is 0.328. The van der Waals surface area contributed by atoms with Crippen molar-refractivity contribution in [2.75, 3.05) is 11.9 Å². The van der Waals surface area contributed by atoms with Gasteiger partial charge in [-0.1, -0.05) is 149 Å². The van der Waals surface area contributed by atoms with Gasteiger partial charge in [0, 0.05) is 45.1 Å². The molecule has 75 heavy (non-hydrogen) atoms. The van der Waals surface area contributed by atoms with E-state index >= 15 is 0 Å². The van der Waals surface area contributed by atoms with E-state index in [0.29, 0.717) is 53.0 Å². The monoisotopic (exact) mass is 1090 g/mol. The first-order valence-electron chi connectivity index (χ1n) is 22.7. The second-order valence-corrected chi connectivity index (χ2v) is 18.5. The Labute approximate surface area is 459 Å². The van der Waals surface area contributed by atoms with Crippen molar-refractivity contribution in [3.05, 3.63) is 196 Å². The number of ketones is 5. The minimum atomic E-state index is -0.127. The lowest BCUT2D eigenvalue weighted by molar-refractivity contribution is 0.100. The quantitative estimate of drug-likeness (QED) is 0.0587. The van der Waals surface area contributed by atoms with Gasteiger partial charge in [-0.15, -0.1) is 0 Å². The molecule has 0 spiro atoms. The van der Waals surface area contributed by atoms with E-state index in [1.54, 1.807) is 61.5 Å². The largest absolute Gasteiger partial charge is 0.508 e. The van der Waals surface area contributed by atoms with E-state index in [9.17, 15) is 34.2 Å². The summed E-state index contributed by atoms with van der Waals surface area (Å²) in [5.74, 6) is 2.07. The standard InChI is InChI=1S/4C12H14O2.C8H8O2.C4H7Br.4CH4/c1-8(13)9-4-5-10-7-12(2,3)14-11(10)6-9;1-8(2)6-11-5-4-10(9(3)13)7-12(11)14;1-9(2)8-14-12-6-4-5-11(7-12)10(3)13;1-8(2)7-11-10(9(3)13)5-4-6-12(11)14;1-6(9)7-3-2-4-8(10)5-7;1-4(2)3-5;;;;/h4-6H,7H2,1-3H3;4-5,7,14H,1,6H2,2-3H3;4-7H,1,8H2,2-3H3;4-6,14H,1,7H2,2-3H3;2-5,10H,1H3;1,3H2,2H3;4*1H4. The summed E-state index contributed by atoms with van der Waals surface area (Å²) in [6, 6.07) is 29.1. The molecule has 0 fully saturated rings. The number of Topliss-reactive ketones (excluding diaryl/α,β-unsaturated/α-hetero) is 5. The number of aromatic hydroxyl groups is 3. The summed E-state index contributed by atoms with van der Waals surface area (Å²) < 4.78 is 11.1. The number of hydrogen-bond donors (Lipinski definition) is 3. The van der Waals surface area contributed by atoms with E-state index in [4.69, 9.17) is 14.6 Å². The van der Waals surface area contributed by atoms with Crippen LogP contribution in [-0.4, -0.2) is 61.8 Å². The van der Waals surface area contributed by atoms with Gasteiger partial charge in [0.25, 0.3) is 0 Å². The highest BCUT2D eigenvalue weighted by Crippen LogP contribution is 2.35. The van der Waals surface area contributed by atoms with Crippen molar-refractivity contribution in [3.63, 3.8) is 0 Å². The topological polar surface area (TPSA) is 164 Å². The lowest BCUT2D eigenvalue weighted by Gasteiger charge is -2.16. The Morgan fingerprint density at radius 2 is 1.01 bits per heavy atom. The molecule has 0 bridgehead atoms. The highest BCUT2D eigenvalue weighted by atomic mass is 79.9. The molecule has 1 aliphatic rings. The molecule has 11 heteroatoms. The van der Waals surface area contributed by atoms with E-state index in [1.165, 1.54) is 57.0 Å². The average Bonchev–Trinajstić information content (AvgIpc) is 3.61. The number of phenols is 3. The molecule has 0 amide bonds. The molecule has 10 nitrogen and oxygen atoms in total. The van der Waals surface area contributed by atoms with Gasteiger partial charge in [-0.05, 0) is 148 Å². The summed E-state index contributed by atoms with van der Waals surface area (Å²) in [5.41, 5.74) is 9.63. The maximum absolute atomic E-state index is 11.3. The molecule has 0 saturated carbocycles. The number of rotatable bonds is 13. The first kappa shape index (κ1) is 74.4. The molecule has 5 aromatic carbocycles. The Balaban J connectivity index is -0.000000407. The number of fused-ring (bicyclic) bond motifs is 1. The van der Waals surface area contributed by atoms with Gasteiger partial charge in [-0.2, -0.15) is 0 Å². The van der Waals surface area contributed by atoms with Crippen molar-refractivity contribution < 1.29 is 48.8 Å². The number of carbonyl (C=O) groups excluding carboxylic acids is 5. The van der Waals surface area contributed by atoms with E-state index in [2.05, 4.69) is 56.1 Å². The smallest absolute Gasteiger partial charge is 0.160 e. The third-order valence-corrected chi connectivity index (χ3v) is 10.6. The zero-order valence-corrected chi connectivity index (χ0v) is 44.8. The number of benzene rings is 5. The molecule has 0 aliphatic carbocycles. The van der Waals surface area contributed by atoms with Crippen molar-refractivity contribution >= 4 is 44.8 Å². The van der Waals surface area contributed by atoms with E-state index < -0.39 is 0 Å². The molecule has 5 aromatic rings. The van der Waals surface area contributed by atoms with Crippen molar-refractivity contribution in [3.8, 4) is 28.7 Å². The van der Waals surface area contributed by atoms with Gasteiger partial charge in [0.05, 0.1) is 0 Å². The third-order valence-electron chi connectivity index (χ3n) is 9.68. The van der Waals surface area contributed by atoms with Crippen LogP contribution in [0.15, 0.2) is 152 Å². The predicted molar refractivity (Wildman–Crippen MR) is 319 cm³/mol. The fourth-order valence-electron chi connectivity index (χ4n) is 6.19. The van der Waals surface area contributed by atoms with Crippen LogP contribution in [0, 0.1) is 0 Å². The van der Waals surface area contributed by atoms with Crippen LogP contribution in [0.25, 0.3) is 0 Å². The molecule has 6 rings (SSSR count). The summed E-state index contributed by atoms with van der Waals surface area (Å²) in [6.07, 6.45) is 2.10. The molecule has 0 saturated heterocycles. The molecule has 0 aromatic heterocycles. The summed E-state index contributed by atoms with van der Waals surface area (Å²) in [5, 5.41) is 29.0. The van der Waals surface area contributed by atoms with Crippen LogP contribution in [0.4, 0.5) is 0 Å². The summed E-state index contributed by atoms with van der Waals surface area (Å²) in [4.78, 5) is 55.2. The minimum Gasteiger partial charge on any atom is -0.508 e. The van der Waals surface area contributed by atoms with Crippen molar-refractivity contribution in [1.82, 2.24) is 0 Å². The van der Waals surface area contributed by atoms with Gasteiger partial charge in [-0.25, -0.2) is 0 Å². The summed E-state index contributed by atoms with van der Waals surface area (Å²) >= 11 is 3.21. The molecule has 0 radical (unpaired) electrons. The SMILES string of the molecule is C.C.C.C.C=C(C)CBr.C=C(C)COc1cccc(C(C)=O)c1.C=C(C)Cc1c(O)cccc1C(C)=O.C=C(C)Cc1ccc(C(C)=O)cc1O.CC(=O)c1ccc2c(c1)OC(C)(C)C2.CC(=O)c1cccc(O)c1. The van der Waals surface area contributed by atoms with Gasteiger partial charge in [0.2, 0.25) is 0 Å². The van der Waals surface area contributed by atoms with Gasteiger partial charge < -0.3 is 24.8 Å². The van der Waals surface area contributed by atoms with Crippen molar-refractivity contribution in [2.45, 2.75) is 131 Å².